The van der Waals surface area contributed by atoms with Gasteiger partial charge in [0, 0.05) is 42.9 Å². The molecule has 0 radical (unpaired) electrons. The fourth-order valence-electron chi connectivity index (χ4n) is 4.61. The van der Waals surface area contributed by atoms with Crippen molar-refractivity contribution in [3.05, 3.63) is 59.7 Å². The molecule has 0 saturated heterocycles. The zero-order chi connectivity index (χ0) is 29.0. The first-order valence-electron chi connectivity index (χ1n) is 12.5. The quantitative estimate of drug-likeness (QED) is 0.178. The van der Waals surface area contributed by atoms with Gasteiger partial charge in [-0.15, -0.1) is 0 Å². The predicted octanol–water partition coefficient (Wildman–Crippen LogP) is 3.74. The number of anilines is 1. The number of hydrogen-bond donors (Lipinski definition) is 3. The number of allylic oxidation sites excluding steroid dienone is 1. The molecule has 2 aromatic rings. The molecule has 39 heavy (non-hydrogen) atoms. The van der Waals surface area contributed by atoms with Crippen molar-refractivity contribution in [1.29, 1.82) is 0 Å². The summed E-state index contributed by atoms with van der Waals surface area (Å²) in [5.41, 5.74) is 3.98. The number of nitrogens with zero attached hydrogens (tertiary/aromatic N) is 2. The Bertz CT molecular complexity index is 1460. The van der Waals surface area contributed by atoms with Crippen molar-refractivity contribution in [3.63, 3.8) is 0 Å². The van der Waals surface area contributed by atoms with Crippen LogP contribution >= 0.6 is 0 Å². The van der Waals surface area contributed by atoms with Crippen molar-refractivity contribution < 1.29 is 39.3 Å². The van der Waals surface area contributed by atoms with Crippen LogP contribution in [0.1, 0.15) is 44.7 Å². The number of rotatable bonds is 13. The molecule has 0 aliphatic carbocycles. The minimum Gasteiger partial charge on any atom is -0.369 e. The molecule has 1 heterocycles. The third kappa shape index (κ3) is 8.29. The second-order valence-electron chi connectivity index (χ2n) is 9.93. The van der Waals surface area contributed by atoms with Crippen LogP contribution in [0.25, 0.3) is 6.08 Å². The summed E-state index contributed by atoms with van der Waals surface area (Å²) in [6.07, 6.45) is 5.94. The first-order chi connectivity index (χ1) is 18.1. The molecule has 214 valence electrons. The molecule has 0 fully saturated rings. The van der Waals surface area contributed by atoms with Crippen LogP contribution in [0.5, 0.6) is 0 Å². The van der Waals surface area contributed by atoms with Gasteiger partial charge in [-0.1, -0.05) is 25.5 Å². The van der Waals surface area contributed by atoms with E-state index in [9.17, 15) is 25.6 Å². The highest BCUT2D eigenvalue weighted by molar-refractivity contribution is 7.86. The summed E-state index contributed by atoms with van der Waals surface area (Å²) < 4.78 is 86.7. The molecule has 1 aliphatic heterocycles. The van der Waals surface area contributed by atoms with Crippen molar-refractivity contribution in [2.24, 2.45) is 0 Å². The van der Waals surface area contributed by atoms with E-state index in [2.05, 4.69) is 25.3 Å². The van der Waals surface area contributed by atoms with Gasteiger partial charge in [-0.2, -0.15) is 21.4 Å². The van der Waals surface area contributed by atoms with E-state index < -0.39 is 48.2 Å². The van der Waals surface area contributed by atoms with Crippen molar-refractivity contribution in [2.45, 2.75) is 43.9 Å². The molecule has 3 N–H and O–H groups in total. The van der Waals surface area contributed by atoms with Crippen LogP contribution in [-0.2, 0) is 36.7 Å². The topological polar surface area (TPSA) is 152 Å². The molecule has 0 amide bonds. The van der Waals surface area contributed by atoms with Gasteiger partial charge in [0.2, 0.25) is 5.69 Å². The number of fused-ring (bicyclic) bond motifs is 1. The summed E-state index contributed by atoms with van der Waals surface area (Å²) in [7, 11) is -8.53. The Balaban J connectivity index is 1.90. The van der Waals surface area contributed by atoms with Crippen molar-refractivity contribution in [1.82, 2.24) is 0 Å². The number of benzene rings is 2. The van der Waals surface area contributed by atoms with Crippen molar-refractivity contribution >= 4 is 54.5 Å². The Labute approximate surface area is 232 Å². The smallest absolute Gasteiger partial charge is 0.266 e. The monoisotopic (exact) mass is 599 g/mol. The molecule has 1 atom stereocenters. The zero-order valence-electron chi connectivity index (χ0n) is 22.1. The number of unbranched alkanes of at least 4 members (excludes halogenated alkanes) is 1. The summed E-state index contributed by atoms with van der Waals surface area (Å²) in [6, 6.07) is 12.4. The summed E-state index contributed by atoms with van der Waals surface area (Å²) >= 11 is -2.08. The molecule has 0 spiro atoms. The first kappa shape index (κ1) is 31.1. The van der Waals surface area contributed by atoms with Gasteiger partial charge in [0.1, 0.15) is 6.54 Å². The summed E-state index contributed by atoms with van der Waals surface area (Å²) in [5, 5.41) is 0. The average molecular weight is 600 g/mol. The Hall–Kier alpha value is -2.42. The summed E-state index contributed by atoms with van der Waals surface area (Å²) in [5.74, 6) is -1.18. The molecular formula is C26H35N2O8S3+. The van der Waals surface area contributed by atoms with Gasteiger partial charge in [-0.05, 0) is 49.8 Å². The van der Waals surface area contributed by atoms with Gasteiger partial charge >= 0.3 is 0 Å². The highest BCUT2D eigenvalue weighted by atomic mass is 32.2. The molecule has 1 aliphatic rings. The van der Waals surface area contributed by atoms with Crippen molar-refractivity contribution in [3.8, 4) is 0 Å². The minimum atomic E-state index is -4.26. The van der Waals surface area contributed by atoms with Crippen LogP contribution in [0.2, 0.25) is 0 Å². The zero-order valence-corrected chi connectivity index (χ0v) is 24.6. The van der Waals surface area contributed by atoms with E-state index in [1.807, 2.05) is 18.2 Å². The second kappa shape index (κ2) is 12.4. The predicted molar refractivity (Wildman–Crippen MR) is 154 cm³/mol. The maximum atomic E-state index is 11.7. The van der Waals surface area contributed by atoms with Crippen LogP contribution < -0.4 is 4.90 Å². The fourth-order valence-corrected chi connectivity index (χ4v) is 5.92. The molecule has 2 aromatic carbocycles. The first-order valence-corrected chi connectivity index (χ1v) is 16.8. The van der Waals surface area contributed by atoms with Gasteiger partial charge in [0.25, 0.3) is 20.2 Å². The maximum Gasteiger partial charge on any atom is 0.266 e. The molecule has 10 nitrogen and oxygen atoms in total. The van der Waals surface area contributed by atoms with E-state index in [0.29, 0.717) is 10.6 Å². The summed E-state index contributed by atoms with van der Waals surface area (Å²) in [6.45, 7) is 6.76. The lowest BCUT2D eigenvalue weighted by molar-refractivity contribution is -0.438. The highest BCUT2D eigenvalue weighted by Gasteiger charge is 2.44. The summed E-state index contributed by atoms with van der Waals surface area (Å²) in [4.78, 5) is 1.82. The average Bonchev–Trinajstić information content (AvgIpc) is 3.05. The van der Waals surface area contributed by atoms with E-state index >= 15 is 0 Å². The third-order valence-electron chi connectivity index (χ3n) is 6.73. The largest absolute Gasteiger partial charge is 0.369 e. The van der Waals surface area contributed by atoms with Gasteiger partial charge in [-0.25, -0.2) is 4.21 Å². The molecule has 0 saturated carbocycles. The molecule has 1 unspecified atom stereocenters. The highest BCUT2D eigenvalue weighted by Crippen LogP contribution is 2.41. The van der Waals surface area contributed by atoms with Crippen LogP contribution in [-0.4, -0.2) is 76.1 Å². The maximum absolute atomic E-state index is 11.7. The minimum absolute atomic E-state index is 0.152. The fraction of sp³-hybridized carbons (Fsp3) is 0.423. The van der Waals surface area contributed by atoms with E-state index in [1.165, 1.54) is 4.90 Å². The second-order valence-corrected chi connectivity index (χ2v) is 14.0. The van der Waals surface area contributed by atoms with Gasteiger partial charge in [-0.3, -0.25) is 9.11 Å². The van der Waals surface area contributed by atoms with E-state index in [-0.39, 0.29) is 13.1 Å². The lowest BCUT2D eigenvalue weighted by Gasteiger charge is -2.24. The SMILES string of the molecule is CCCC[N+]1=C(/C=C/c2ccc(N(CCS(=O)(=O)O)CCS(=O)(=O)O)cc2)C(C)(C)c2cc(S(=O)O)ccc21. The van der Waals surface area contributed by atoms with Gasteiger partial charge in [0.15, 0.2) is 16.8 Å². The molecule has 3 rings (SSSR count). The Kier molecular flexibility index (Phi) is 9.89. The molecular weight excluding hydrogens is 564 g/mol. The molecule has 0 bridgehead atoms. The molecule has 13 heteroatoms. The van der Waals surface area contributed by atoms with Crippen LogP contribution in [0, 0.1) is 0 Å². The van der Waals surface area contributed by atoms with Crippen LogP contribution in [0.15, 0.2) is 53.4 Å². The van der Waals surface area contributed by atoms with Gasteiger partial charge in [0.05, 0.1) is 21.8 Å². The third-order valence-corrected chi connectivity index (χ3v) is 8.78. The standard InChI is InChI=1S/C26H34N2O8S3/c1-4-5-14-28-24-12-11-22(37(29)30)19-23(24)26(2,3)25(28)13-8-20-6-9-21(10-7-20)27(15-17-38(31,32)33)16-18-39(34,35)36/h6-13,19H,4-5,14-18H2,1-3H3,(H2-,29,30,31,32,33,34,35,36)/p+1. The molecule has 0 aromatic heterocycles. The van der Waals surface area contributed by atoms with Crippen molar-refractivity contribution in [2.75, 3.05) is 36.0 Å². The lowest BCUT2D eigenvalue weighted by atomic mass is 9.81. The van der Waals surface area contributed by atoms with E-state index in [0.717, 1.165) is 41.9 Å². The number of hydrogen-bond acceptors (Lipinski definition) is 6. The normalized spacial score (nSPS) is 16.1. The Morgan fingerprint density at radius 1 is 0.949 bits per heavy atom. The Morgan fingerprint density at radius 3 is 2.05 bits per heavy atom. The van der Waals surface area contributed by atoms with Crippen LogP contribution in [0.4, 0.5) is 11.4 Å². The Morgan fingerprint density at radius 2 is 1.54 bits per heavy atom. The van der Waals surface area contributed by atoms with Crippen LogP contribution in [0.3, 0.4) is 0 Å². The van der Waals surface area contributed by atoms with Gasteiger partial charge < -0.3 is 9.45 Å². The lowest BCUT2D eigenvalue weighted by Crippen LogP contribution is -2.33. The van der Waals surface area contributed by atoms with E-state index in [1.54, 1.807) is 36.4 Å². The van der Waals surface area contributed by atoms with E-state index in [4.69, 9.17) is 9.11 Å².